The largest absolute Gasteiger partial charge is 0.478 e. The maximum atomic E-state index is 14.3. The molecule has 1 saturated heterocycles. The molecule has 0 aromatic carbocycles. The number of ether oxygens (including phenoxy) is 1. The number of β-lactam (4-membered cyclic amide) rings is 1. The van der Waals surface area contributed by atoms with Crippen molar-refractivity contribution >= 4 is 115 Å². The van der Waals surface area contributed by atoms with Crippen molar-refractivity contribution in [2.45, 2.75) is 68.3 Å². The molecule has 7 heterocycles. The van der Waals surface area contributed by atoms with E-state index in [9.17, 15) is 53.7 Å². The lowest BCUT2D eigenvalue weighted by Gasteiger charge is -2.49. The normalized spacial score (nSPS) is 19.9. The maximum Gasteiger partial charge on any atom is 0.354 e. The standard InChI is InChI=1S/C39H39N11O14S4/c1-38(2,34(58)59)63-47-21(18-14-67-36(40)41-18)26(51)43-23(29-45-20-17(13-65-29)11-62-33(20)57)28(53)46-37-42-19(15-68-37)22(48-64-39(3,4)35(60)61)27(52)44-24-30(54)50-25(32(55)56)16(12-66-31(24)50)10-49-8-6-5-7-9-49/h5-9,14-15,23-24,29,31,45H,10-13H2,1-4H3,(H7-,40,41,42,43,44,46,51,52,53,55,56,58,59,60,61)/p+1/b47-21-,48-22-/t23?,24-,29?,31-/m1/s1. The first kappa shape index (κ1) is 48.8. The van der Waals surface area contributed by atoms with Gasteiger partial charge in [-0.3, -0.25) is 24.1 Å². The van der Waals surface area contributed by atoms with Gasteiger partial charge in [0.2, 0.25) is 11.2 Å². The molecule has 1 fully saturated rings. The van der Waals surface area contributed by atoms with Gasteiger partial charge in [0.05, 0.1) is 0 Å². The molecule has 3 aromatic heterocycles. The number of fused-ring (bicyclic) bond motifs is 1. The van der Waals surface area contributed by atoms with E-state index in [0.29, 0.717) is 11.1 Å². The number of nitrogens with zero attached hydrogens (tertiary/aromatic N) is 6. The molecule has 29 heteroatoms. The summed E-state index contributed by atoms with van der Waals surface area (Å²) in [6, 6.07) is 2.51. The number of oxime groups is 2. The Bertz CT molecular complexity index is 2730. The van der Waals surface area contributed by atoms with Crippen LogP contribution in [-0.2, 0) is 59.3 Å². The number of carbonyl (C=O) groups excluding carboxylic acids is 5. The minimum atomic E-state index is -1.98. The molecule has 9 N–H and O–H groups in total. The summed E-state index contributed by atoms with van der Waals surface area (Å²) >= 11 is 4.06. The van der Waals surface area contributed by atoms with E-state index in [1.807, 2.05) is 0 Å². The molecule has 0 bridgehead atoms. The first-order valence-corrected chi connectivity index (χ1v) is 23.7. The van der Waals surface area contributed by atoms with E-state index in [0.717, 1.165) is 53.2 Å². The highest BCUT2D eigenvalue weighted by Crippen LogP contribution is 2.40. The number of carboxylic acid groups (broad SMARTS) is 3. The Kier molecular flexibility index (Phi) is 14.1. The number of nitrogens with one attached hydrogen (secondary N) is 4. The fraction of sp³-hybridized carbons (Fsp3) is 0.359. The Labute approximate surface area is 400 Å². The van der Waals surface area contributed by atoms with Gasteiger partial charge >= 0.3 is 23.9 Å². The van der Waals surface area contributed by atoms with Gasteiger partial charge in [-0.25, -0.2) is 33.7 Å². The molecule has 4 aliphatic rings. The van der Waals surface area contributed by atoms with Crippen molar-refractivity contribution in [1.29, 1.82) is 0 Å². The average molecular weight is 1020 g/mol. The first-order chi connectivity index (χ1) is 32.1. The number of hydrogen-bond donors (Lipinski definition) is 8. The van der Waals surface area contributed by atoms with E-state index in [4.69, 9.17) is 20.1 Å². The lowest BCUT2D eigenvalue weighted by atomic mass is 10.0. The summed E-state index contributed by atoms with van der Waals surface area (Å²) in [6.07, 6.45) is 3.49. The van der Waals surface area contributed by atoms with Gasteiger partial charge in [-0.2, -0.15) is 0 Å². The van der Waals surface area contributed by atoms with Crippen molar-refractivity contribution in [1.82, 2.24) is 30.8 Å². The zero-order chi connectivity index (χ0) is 49.2. The summed E-state index contributed by atoms with van der Waals surface area (Å²) in [6.45, 7) is 4.89. The number of nitrogens with two attached hydrogens (primary N) is 1. The summed E-state index contributed by atoms with van der Waals surface area (Å²) in [4.78, 5) is 125. The van der Waals surface area contributed by atoms with Crippen molar-refractivity contribution in [2.24, 2.45) is 10.3 Å². The second-order valence-electron chi connectivity index (χ2n) is 15.8. The van der Waals surface area contributed by atoms with Gasteiger partial charge < -0.3 is 56.7 Å². The highest BCUT2D eigenvalue weighted by atomic mass is 32.2. The molecule has 0 saturated carbocycles. The van der Waals surface area contributed by atoms with Crippen LogP contribution in [0.25, 0.3) is 0 Å². The summed E-state index contributed by atoms with van der Waals surface area (Å²) in [5, 5.41) is 48.2. The van der Waals surface area contributed by atoms with Crippen molar-refractivity contribution in [3.8, 4) is 0 Å². The van der Waals surface area contributed by atoms with Crippen LogP contribution in [0.1, 0.15) is 39.1 Å². The predicted molar refractivity (Wildman–Crippen MR) is 242 cm³/mol. The Morgan fingerprint density at radius 3 is 2.18 bits per heavy atom. The average Bonchev–Trinajstić information content (AvgIpc) is 4.04. The van der Waals surface area contributed by atoms with Crippen LogP contribution >= 0.6 is 46.2 Å². The summed E-state index contributed by atoms with van der Waals surface area (Å²) in [5.74, 6) is -8.28. The molecule has 4 amide bonds. The number of rotatable bonds is 18. The van der Waals surface area contributed by atoms with Crippen LogP contribution in [0.4, 0.5) is 10.3 Å². The van der Waals surface area contributed by atoms with Gasteiger partial charge in [-0.15, -0.1) is 46.2 Å². The summed E-state index contributed by atoms with van der Waals surface area (Å²) in [7, 11) is 0. The fourth-order valence-corrected chi connectivity index (χ4v) is 10.1. The number of carbonyl (C=O) groups is 8. The molecule has 25 nitrogen and oxygen atoms in total. The number of thiazole rings is 2. The third-order valence-corrected chi connectivity index (χ3v) is 14.2. The Hall–Kier alpha value is -7.11. The molecular formula is C39H40N11O14S4+. The van der Waals surface area contributed by atoms with Crippen LogP contribution in [-0.4, -0.2) is 141 Å². The van der Waals surface area contributed by atoms with Gasteiger partial charge in [-0.1, -0.05) is 16.4 Å². The van der Waals surface area contributed by atoms with Crippen LogP contribution in [0.2, 0.25) is 0 Å². The van der Waals surface area contributed by atoms with Crippen LogP contribution in [0.5, 0.6) is 0 Å². The predicted octanol–water partition coefficient (Wildman–Crippen LogP) is -0.327. The zero-order valence-corrected chi connectivity index (χ0v) is 39.2. The number of esters is 1. The molecule has 358 valence electrons. The number of aliphatic carboxylic acids is 3. The minimum absolute atomic E-state index is 0.0115. The molecule has 4 atom stereocenters. The summed E-state index contributed by atoms with van der Waals surface area (Å²) in [5.41, 5.74) is 1.29. The number of carboxylic acids is 3. The third-order valence-electron chi connectivity index (χ3n) is 10.1. The molecular weight excluding hydrogens is 975 g/mol. The zero-order valence-electron chi connectivity index (χ0n) is 35.9. The van der Waals surface area contributed by atoms with Gasteiger partial charge in [0.1, 0.15) is 52.2 Å². The van der Waals surface area contributed by atoms with Crippen LogP contribution < -0.4 is 31.6 Å². The number of cyclic esters (lactones) is 1. The molecule has 68 heavy (non-hydrogen) atoms. The Morgan fingerprint density at radius 1 is 0.926 bits per heavy atom. The van der Waals surface area contributed by atoms with Crippen molar-refractivity contribution in [2.75, 3.05) is 29.2 Å². The van der Waals surface area contributed by atoms with Gasteiger partial charge in [-0.05, 0) is 27.7 Å². The number of amides is 4. The molecule has 0 spiro atoms. The van der Waals surface area contributed by atoms with Crippen molar-refractivity contribution in [3.63, 3.8) is 0 Å². The molecule has 2 unspecified atom stereocenters. The third kappa shape index (κ3) is 10.4. The van der Waals surface area contributed by atoms with Gasteiger partial charge in [0.25, 0.3) is 23.6 Å². The summed E-state index contributed by atoms with van der Waals surface area (Å²) < 4.78 is 6.88. The first-order valence-electron chi connectivity index (χ1n) is 19.9. The van der Waals surface area contributed by atoms with Crippen LogP contribution in [0.3, 0.4) is 0 Å². The Balaban J connectivity index is 1.14. The lowest BCUT2D eigenvalue weighted by Crippen LogP contribution is -2.71. The highest BCUT2D eigenvalue weighted by molar-refractivity contribution is 8.00. The number of aromatic nitrogens is 3. The van der Waals surface area contributed by atoms with E-state index in [1.54, 1.807) is 35.2 Å². The van der Waals surface area contributed by atoms with E-state index in [1.165, 1.54) is 36.4 Å². The number of anilines is 2. The SMILES string of the molecule is CC(C)(O/N=C(\C(=O)NC(C(=O)Nc1nc(/C(=N/OC(C)(C)C(=O)O)C(=O)N[C@@H]2C(=O)N3C(C(=O)O)=C(C[n+]4ccccc4)CS[C@H]23)cs1)C1NC2=C(COC2=O)CS1)c1csc(N)n1)C(=O)O. The van der Waals surface area contributed by atoms with E-state index >= 15 is 0 Å². The molecule has 0 radical (unpaired) electrons. The molecule has 0 aliphatic carbocycles. The van der Waals surface area contributed by atoms with Gasteiger partial charge in [0, 0.05) is 45.5 Å². The topological polar surface area (TPSA) is 357 Å². The smallest absolute Gasteiger partial charge is 0.354 e. The fourth-order valence-electron chi connectivity index (χ4n) is 6.36. The van der Waals surface area contributed by atoms with E-state index in [2.05, 4.69) is 41.5 Å². The van der Waals surface area contributed by atoms with Crippen LogP contribution in [0.15, 0.2) is 74.2 Å². The number of thioether (sulfide) groups is 2. The Morgan fingerprint density at radius 2 is 1.56 bits per heavy atom. The van der Waals surface area contributed by atoms with Gasteiger partial charge in [0.15, 0.2) is 40.6 Å². The second-order valence-corrected chi connectivity index (χ2v) is 19.8. The number of hydrogen-bond acceptors (Lipinski definition) is 21. The minimum Gasteiger partial charge on any atom is -0.478 e. The van der Waals surface area contributed by atoms with Crippen molar-refractivity contribution < 1.29 is 72.7 Å². The van der Waals surface area contributed by atoms with E-state index < -0.39 is 93.0 Å². The lowest BCUT2D eigenvalue weighted by molar-refractivity contribution is -0.689. The highest BCUT2D eigenvalue weighted by Gasteiger charge is 2.55. The molecule has 3 aromatic rings. The molecule has 7 rings (SSSR count). The molecule has 4 aliphatic heterocycles. The second kappa shape index (κ2) is 19.6. The maximum absolute atomic E-state index is 14.3. The van der Waals surface area contributed by atoms with Crippen molar-refractivity contribution in [3.05, 3.63) is 75.3 Å². The monoisotopic (exact) mass is 1010 g/mol. The number of pyridine rings is 1. The number of nitrogen functional groups attached to an aromatic ring is 1. The van der Waals surface area contributed by atoms with Crippen LogP contribution in [0, 0.1) is 0 Å². The quantitative estimate of drug-likeness (QED) is 0.0266. The van der Waals surface area contributed by atoms with E-state index in [-0.39, 0.29) is 57.7 Å².